The summed E-state index contributed by atoms with van der Waals surface area (Å²) in [6.45, 7) is 0. The van der Waals surface area contributed by atoms with E-state index in [2.05, 4.69) is 121 Å². The summed E-state index contributed by atoms with van der Waals surface area (Å²) in [7, 11) is 0. The monoisotopic (exact) mass is 380 g/mol. The van der Waals surface area contributed by atoms with Gasteiger partial charge in [-0.3, -0.25) is 0 Å². The van der Waals surface area contributed by atoms with Crippen molar-refractivity contribution >= 4 is 32.3 Å². The molecule has 0 fully saturated rings. The third-order valence-corrected chi connectivity index (χ3v) is 6.01. The van der Waals surface area contributed by atoms with E-state index in [1.54, 1.807) is 0 Å². The summed E-state index contributed by atoms with van der Waals surface area (Å²) >= 11 is 0. The van der Waals surface area contributed by atoms with Crippen molar-refractivity contribution < 1.29 is 0 Å². The minimum Gasteiger partial charge on any atom is -0.0622 e. The normalized spacial score (nSPS) is 11.3. The molecule has 0 aliphatic rings. The fraction of sp³-hybridized carbons (Fsp3) is 0. The molecule has 0 aromatic heterocycles. The van der Waals surface area contributed by atoms with Gasteiger partial charge in [0.1, 0.15) is 0 Å². The Morgan fingerprint density at radius 2 is 0.667 bits per heavy atom. The van der Waals surface area contributed by atoms with Crippen LogP contribution >= 0.6 is 0 Å². The van der Waals surface area contributed by atoms with Gasteiger partial charge in [0.05, 0.1) is 0 Å². The van der Waals surface area contributed by atoms with Crippen molar-refractivity contribution in [2.75, 3.05) is 0 Å². The van der Waals surface area contributed by atoms with Crippen LogP contribution in [-0.2, 0) is 0 Å². The maximum Gasteiger partial charge on any atom is -0.00264 e. The van der Waals surface area contributed by atoms with Crippen LogP contribution in [0, 0.1) is 0 Å². The first-order valence-corrected chi connectivity index (χ1v) is 10.4. The average molecular weight is 380 g/mol. The van der Waals surface area contributed by atoms with Crippen LogP contribution in [0.2, 0.25) is 0 Å². The fourth-order valence-corrected chi connectivity index (χ4v) is 4.70. The Kier molecular flexibility index (Phi) is 3.89. The summed E-state index contributed by atoms with van der Waals surface area (Å²) in [4.78, 5) is 0. The first-order valence-electron chi connectivity index (χ1n) is 10.4. The zero-order valence-electron chi connectivity index (χ0n) is 16.5. The van der Waals surface area contributed by atoms with E-state index in [1.165, 1.54) is 54.6 Å². The summed E-state index contributed by atoms with van der Waals surface area (Å²) in [6, 6.07) is 43.8. The molecular formula is C30H20. The van der Waals surface area contributed by atoms with Gasteiger partial charge in [-0.2, -0.15) is 0 Å². The van der Waals surface area contributed by atoms with E-state index < -0.39 is 0 Å². The summed E-state index contributed by atoms with van der Waals surface area (Å²) < 4.78 is 0. The van der Waals surface area contributed by atoms with Crippen LogP contribution in [-0.4, -0.2) is 0 Å². The summed E-state index contributed by atoms with van der Waals surface area (Å²) in [5.74, 6) is 0. The van der Waals surface area contributed by atoms with Crippen molar-refractivity contribution in [3.63, 3.8) is 0 Å². The molecule has 0 nitrogen and oxygen atoms in total. The molecule has 0 heterocycles. The Bertz CT molecular complexity index is 1390. The van der Waals surface area contributed by atoms with Crippen LogP contribution < -0.4 is 0 Å². The van der Waals surface area contributed by atoms with Crippen molar-refractivity contribution in [2.45, 2.75) is 0 Å². The van der Waals surface area contributed by atoms with Crippen LogP contribution in [0.15, 0.2) is 121 Å². The quantitative estimate of drug-likeness (QED) is 0.264. The maximum atomic E-state index is 2.37. The highest BCUT2D eigenvalue weighted by molar-refractivity contribution is 6.22. The van der Waals surface area contributed by atoms with Crippen molar-refractivity contribution in [2.24, 2.45) is 0 Å². The molecule has 0 N–H and O–H groups in total. The van der Waals surface area contributed by atoms with Gasteiger partial charge in [-0.25, -0.2) is 0 Å². The number of hydrogen-bond acceptors (Lipinski definition) is 0. The number of fused-ring (bicyclic) bond motifs is 3. The molecule has 0 aliphatic carbocycles. The molecule has 6 rings (SSSR count). The number of rotatable bonds is 2. The lowest BCUT2D eigenvalue weighted by molar-refractivity contribution is 1.66. The van der Waals surface area contributed by atoms with Crippen LogP contribution in [0.25, 0.3) is 54.6 Å². The molecule has 0 radical (unpaired) electrons. The predicted molar refractivity (Wildman–Crippen MR) is 130 cm³/mol. The second-order valence-electron chi connectivity index (χ2n) is 7.77. The van der Waals surface area contributed by atoms with Crippen LogP contribution in [0.3, 0.4) is 0 Å². The van der Waals surface area contributed by atoms with Gasteiger partial charge in [-0.15, -0.1) is 0 Å². The average Bonchev–Trinajstić information content (AvgIpc) is 2.82. The molecule has 0 amide bonds. The highest BCUT2D eigenvalue weighted by Crippen LogP contribution is 2.43. The molecule has 140 valence electrons. The van der Waals surface area contributed by atoms with Crippen molar-refractivity contribution in [1.29, 1.82) is 0 Å². The molecule has 0 atom stereocenters. The molecule has 6 aromatic rings. The molecule has 0 spiro atoms. The molecule has 0 aliphatic heterocycles. The van der Waals surface area contributed by atoms with E-state index in [0.29, 0.717) is 0 Å². The molecule has 30 heavy (non-hydrogen) atoms. The van der Waals surface area contributed by atoms with Gasteiger partial charge >= 0.3 is 0 Å². The van der Waals surface area contributed by atoms with Gasteiger partial charge in [0.15, 0.2) is 0 Å². The highest BCUT2D eigenvalue weighted by Gasteiger charge is 2.15. The van der Waals surface area contributed by atoms with Gasteiger partial charge in [-0.1, -0.05) is 109 Å². The molecule has 6 aromatic carbocycles. The van der Waals surface area contributed by atoms with Crippen molar-refractivity contribution in [3.05, 3.63) is 121 Å². The van der Waals surface area contributed by atoms with Crippen LogP contribution in [0.1, 0.15) is 0 Å². The van der Waals surface area contributed by atoms with E-state index in [4.69, 9.17) is 0 Å². The van der Waals surface area contributed by atoms with E-state index in [1.807, 2.05) is 0 Å². The summed E-state index contributed by atoms with van der Waals surface area (Å²) in [5.41, 5.74) is 5.14. The lowest BCUT2D eigenvalue weighted by atomic mass is 9.86. The van der Waals surface area contributed by atoms with Gasteiger partial charge < -0.3 is 0 Å². The standard InChI is InChI=1S/C30H20/c1-3-11-21(12-4-1)29-25-17-9-7-15-23(25)20-28-27(29)19-24-16-8-10-18-26(24)30(28)22-13-5-2-6-14-22/h1-20H. The van der Waals surface area contributed by atoms with E-state index in [-0.39, 0.29) is 0 Å². The van der Waals surface area contributed by atoms with Crippen molar-refractivity contribution in [3.8, 4) is 22.3 Å². The zero-order chi connectivity index (χ0) is 19.9. The van der Waals surface area contributed by atoms with E-state index >= 15 is 0 Å². The second kappa shape index (κ2) is 6.86. The second-order valence-corrected chi connectivity index (χ2v) is 7.77. The van der Waals surface area contributed by atoms with Gasteiger partial charge in [0.25, 0.3) is 0 Å². The van der Waals surface area contributed by atoms with Crippen LogP contribution in [0.5, 0.6) is 0 Å². The minimum absolute atomic E-state index is 1.26. The Morgan fingerprint density at radius 1 is 0.300 bits per heavy atom. The molecule has 0 unspecified atom stereocenters. The largest absolute Gasteiger partial charge is 0.0622 e. The van der Waals surface area contributed by atoms with E-state index in [0.717, 1.165) is 0 Å². The Labute approximate surface area is 176 Å². The zero-order valence-corrected chi connectivity index (χ0v) is 16.5. The van der Waals surface area contributed by atoms with E-state index in [9.17, 15) is 0 Å². The fourth-order valence-electron chi connectivity index (χ4n) is 4.70. The Balaban J connectivity index is 1.89. The summed E-state index contributed by atoms with van der Waals surface area (Å²) in [5, 5.41) is 7.75. The lowest BCUT2D eigenvalue weighted by Gasteiger charge is -2.17. The van der Waals surface area contributed by atoms with Crippen LogP contribution in [0.4, 0.5) is 0 Å². The van der Waals surface area contributed by atoms with Gasteiger partial charge in [-0.05, 0) is 66.7 Å². The minimum atomic E-state index is 1.26. The molecule has 0 saturated carbocycles. The maximum absolute atomic E-state index is 2.37. The predicted octanol–water partition coefficient (Wildman–Crippen LogP) is 8.48. The molecular weight excluding hydrogens is 360 g/mol. The smallest absolute Gasteiger partial charge is 0.00264 e. The number of benzene rings is 6. The highest BCUT2D eigenvalue weighted by atomic mass is 14.2. The number of hydrogen-bond donors (Lipinski definition) is 0. The van der Waals surface area contributed by atoms with Crippen molar-refractivity contribution in [1.82, 2.24) is 0 Å². The third kappa shape index (κ3) is 2.62. The molecule has 0 saturated heterocycles. The lowest BCUT2D eigenvalue weighted by Crippen LogP contribution is -1.90. The molecule has 0 heteroatoms. The Morgan fingerprint density at radius 3 is 1.10 bits per heavy atom. The Hall–Kier alpha value is -3.90. The SMILES string of the molecule is c1ccc(-c2c3ccccc3cc3c(-c4ccccc4)c4ccccc4cc23)cc1. The molecule has 0 bridgehead atoms. The summed E-state index contributed by atoms with van der Waals surface area (Å²) in [6.07, 6.45) is 0. The topological polar surface area (TPSA) is 0 Å². The first kappa shape index (κ1) is 17.0. The first-order chi connectivity index (χ1) is 14.9. The third-order valence-electron chi connectivity index (χ3n) is 6.01. The van der Waals surface area contributed by atoms with Gasteiger partial charge in [0, 0.05) is 0 Å². The van der Waals surface area contributed by atoms with Gasteiger partial charge in [0.2, 0.25) is 0 Å².